The number of halogens is 2. The molecule has 0 bridgehead atoms. The zero-order chi connectivity index (χ0) is 20.6. The maximum atomic E-state index is 13.0. The Kier molecular flexibility index (Phi) is 8.40. The SMILES string of the molecule is CC1CCCCN1CCCN(Cc1ccc(Cl)cc1)C(=O)Nc1ccccc1Br. The molecule has 29 heavy (non-hydrogen) atoms. The molecule has 1 saturated heterocycles. The number of carbonyl (C=O) groups is 1. The van der Waals surface area contributed by atoms with Gasteiger partial charge in [-0.3, -0.25) is 0 Å². The van der Waals surface area contributed by atoms with E-state index >= 15 is 0 Å². The maximum Gasteiger partial charge on any atom is 0.322 e. The molecule has 0 aromatic heterocycles. The van der Waals surface area contributed by atoms with Crippen LogP contribution in [0.25, 0.3) is 0 Å². The van der Waals surface area contributed by atoms with Crippen LogP contribution in [0.4, 0.5) is 10.5 Å². The van der Waals surface area contributed by atoms with Crippen LogP contribution in [-0.4, -0.2) is 41.5 Å². The van der Waals surface area contributed by atoms with E-state index in [-0.39, 0.29) is 6.03 Å². The zero-order valence-corrected chi connectivity index (χ0v) is 19.3. The standard InChI is InChI=1S/C23H29BrClN3O/c1-18-7-4-5-14-27(18)15-6-16-28(17-19-10-12-20(25)13-11-19)23(29)26-22-9-3-2-8-21(22)24/h2-3,8-13,18H,4-7,14-17H2,1H3,(H,26,29). The summed E-state index contributed by atoms with van der Waals surface area (Å²) in [6, 6.07) is 15.9. The molecule has 2 aromatic rings. The molecular weight excluding hydrogens is 450 g/mol. The number of urea groups is 1. The molecule has 2 aromatic carbocycles. The van der Waals surface area contributed by atoms with Crippen LogP contribution in [0.15, 0.2) is 53.0 Å². The molecular formula is C23H29BrClN3O. The van der Waals surface area contributed by atoms with Gasteiger partial charge in [-0.25, -0.2) is 4.79 Å². The number of para-hydroxylation sites is 1. The fourth-order valence-electron chi connectivity index (χ4n) is 3.77. The average Bonchev–Trinajstić information content (AvgIpc) is 2.72. The van der Waals surface area contributed by atoms with Gasteiger partial charge in [-0.15, -0.1) is 0 Å². The molecule has 0 radical (unpaired) electrons. The van der Waals surface area contributed by atoms with Crippen LogP contribution in [0, 0.1) is 0 Å². The van der Waals surface area contributed by atoms with Crippen molar-refractivity contribution in [1.29, 1.82) is 0 Å². The first-order valence-corrected chi connectivity index (χ1v) is 11.5. The Balaban J connectivity index is 1.64. The molecule has 0 spiro atoms. The van der Waals surface area contributed by atoms with E-state index in [1.165, 1.54) is 25.8 Å². The minimum atomic E-state index is -0.0847. The molecule has 1 aliphatic rings. The Labute approximate surface area is 187 Å². The van der Waals surface area contributed by atoms with Crippen molar-refractivity contribution in [3.63, 3.8) is 0 Å². The lowest BCUT2D eigenvalue weighted by Gasteiger charge is -2.34. The van der Waals surface area contributed by atoms with Gasteiger partial charge in [0.15, 0.2) is 0 Å². The molecule has 1 aliphatic heterocycles. The first kappa shape index (κ1) is 22.1. The van der Waals surface area contributed by atoms with Crippen molar-refractivity contribution in [1.82, 2.24) is 9.80 Å². The first-order chi connectivity index (χ1) is 14.0. The van der Waals surface area contributed by atoms with Crippen molar-refractivity contribution in [3.8, 4) is 0 Å². The van der Waals surface area contributed by atoms with Crippen LogP contribution in [0.5, 0.6) is 0 Å². The summed E-state index contributed by atoms with van der Waals surface area (Å²) in [7, 11) is 0. The van der Waals surface area contributed by atoms with Gasteiger partial charge in [0.05, 0.1) is 5.69 Å². The largest absolute Gasteiger partial charge is 0.322 e. The lowest BCUT2D eigenvalue weighted by Crippen LogP contribution is -2.40. The fraction of sp³-hybridized carbons (Fsp3) is 0.435. The fourth-order valence-corrected chi connectivity index (χ4v) is 4.28. The van der Waals surface area contributed by atoms with Gasteiger partial charge in [-0.05, 0) is 78.5 Å². The number of amides is 2. The number of piperidine rings is 1. The Morgan fingerprint density at radius 1 is 1.21 bits per heavy atom. The number of anilines is 1. The average molecular weight is 479 g/mol. The Morgan fingerprint density at radius 3 is 2.69 bits per heavy atom. The van der Waals surface area contributed by atoms with E-state index in [0.717, 1.165) is 28.7 Å². The lowest BCUT2D eigenvalue weighted by atomic mass is 10.0. The van der Waals surface area contributed by atoms with Crippen molar-refractivity contribution in [2.75, 3.05) is 25.0 Å². The first-order valence-electron chi connectivity index (χ1n) is 10.3. The molecule has 1 N–H and O–H groups in total. The summed E-state index contributed by atoms with van der Waals surface area (Å²) in [6.07, 6.45) is 4.84. The van der Waals surface area contributed by atoms with Crippen molar-refractivity contribution in [3.05, 3.63) is 63.6 Å². The maximum absolute atomic E-state index is 13.0. The molecule has 0 aliphatic carbocycles. The van der Waals surface area contributed by atoms with Crippen LogP contribution in [0.2, 0.25) is 5.02 Å². The number of hydrogen-bond donors (Lipinski definition) is 1. The normalized spacial score (nSPS) is 17.1. The summed E-state index contributed by atoms with van der Waals surface area (Å²) in [4.78, 5) is 17.5. The highest BCUT2D eigenvalue weighted by molar-refractivity contribution is 9.10. The van der Waals surface area contributed by atoms with Gasteiger partial charge >= 0.3 is 6.03 Å². The minimum absolute atomic E-state index is 0.0847. The van der Waals surface area contributed by atoms with E-state index in [1.54, 1.807) is 0 Å². The van der Waals surface area contributed by atoms with E-state index in [4.69, 9.17) is 11.6 Å². The van der Waals surface area contributed by atoms with Crippen molar-refractivity contribution >= 4 is 39.2 Å². The van der Waals surface area contributed by atoms with Gasteiger partial charge in [0, 0.05) is 35.2 Å². The number of hydrogen-bond acceptors (Lipinski definition) is 2. The second-order valence-corrected chi connectivity index (χ2v) is 8.98. The third kappa shape index (κ3) is 6.73. The molecule has 1 fully saturated rings. The smallest absolute Gasteiger partial charge is 0.320 e. The van der Waals surface area contributed by atoms with Crippen LogP contribution < -0.4 is 5.32 Å². The zero-order valence-electron chi connectivity index (χ0n) is 16.9. The van der Waals surface area contributed by atoms with E-state index in [0.29, 0.717) is 24.2 Å². The highest BCUT2D eigenvalue weighted by Gasteiger charge is 2.19. The topological polar surface area (TPSA) is 35.6 Å². The molecule has 3 rings (SSSR count). The molecule has 6 heteroatoms. The molecule has 2 amide bonds. The van der Waals surface area contributed by atoms with Crippen LogP contribution in [-0.2, 0) is 6.54 Å². The number of benzene rings is 2. The van der Waals surface area contributed by atoms with E-state index in [9.17, 15) is 4.79 Å². The minimum Gasteiger partial charge on any atom is -0.320 e. The van der Waals surface area contributed by atoms with Crippen molar-refractivity contribution in [2.45, 2.75) is 45.2 Å². The lowest BCUT2D eigenvalue weighted by molar-refractivity contribution is 0.150. The molecule has 4 nitrogen and oxygen atoms in total. The molecule has 0 saturated carbocycles. The quantitative estimate of drug-likeness (QED) is 0.499. The van der Waals surface area contributed by atoms with Gasteiger partial charge in [-0.1, -0.05) is 42.3 Å². The van der Waals surface area contributed by atoms with Gasteiger partial charge in [0.25, 0.3) is 0 Å². The van der Waals surface area contributed by atoms with Crippen LogP contribution in [0.3, 0.4) is 0 Å². The summed E-state index contributed by atoms with van der Waals surface area (Å²) in [5, 5.41) is 3.75. The molecule has 1 atom stereocenters. The highest BCUT2D eigenvalue weighted by Crippen LogP contribution is 2.22. The second-order valence-electron chi connectivity index (χ2n) is 7.69. The van der Waals surface area contributed by atoms with Crippen molar-refractivity contribution < 1.29 is 4.79 Å². The summed E-state index contributed by atoms with van der Waals surface area (Å²) in [6.45, 7) is 5.78. The van der Waals surface area contributed by atoms with Crippen LogP contribution >= 0.6 is 27.5 Å². The molecule has 1 heterocycles. The van der Waals surface area contributed by atoms with E-state index in [1.807, 2.05) is 53.4 Å². The van der Waals surface area contributed by atoms with Gasteiger partial charge in [0.1, 0.15) is 0 Å². The van der Waals surface area contributed by atoms with E-state index in [2.05, 4.69) is 33.1 Å². The van der Waals surface area contributed by atoms with Crippen LogP contribution in [0.1, 0.15) is 38.2 Å². The summed E-state index contributed by atoms with van der Waals surface area (Å²) >= 11 is 9.52. The van der Waals surface area contributed by atoms with Gasteiger partial charge < -0.3 is 15.1 Å². The predicted molar refractivity (Wildman–Crippen MR) is 125 cm³/mol. The third-order valence-corrected chi connectivity index (χ3v) is 6.45. The Morgan fingerprint density at radius 2 is 1.97 bits per heavy atom. The Bertz CT molecular complexity index is 799. The van der Waals surface area contributed by atoms with Gasteiger partial charge in [-0.2, -0.15) is 0 Å². The molecule has 1 unspecified atom stereocenters. The number of nitrogens with zero attached hydrogens (tertiary/aromatic N) is 2. The second kappa shape index (κ2) is 11.0. The molecule has 156 valence electrons. The predicted octanol–water partition coefficient (Wildman–Crippen LogP) is 6.40. The van der Waals surface area contributed by atoms with Gasteiger partial charge in [0.2, 0.25) is 0 Å². The number of carbonyl (C=O) groups excluding carboxylic acids is 1. The number of likely N-dealkylation sites (tertiary alicyclic amines) is 1. The number of nitrogens with one attached hydrogen (secondary N) is 1. The summed E-state index contributed by atoms with van der Waals surface area (Å²) in [5.41, 5.74) is 1.85. The summed E-state index contributed by atoms with van der Waals surface area (Å²) in [5.74, 6) is 0. The monoisotopic (exact) mass is 477 g/mol. The third-order valence-electron chi connectivity index (χ3n) is 5.50. The Hall–Kier alpha value is -1.56. The van der Waals surface area contributed by atoms with Crippen molar-refractivity contribution in [2.24, 2.45) is 0 Å². The highest BCUT2D eigenvalue weighted by atomic mass is 79.9. The number of rotatable bonds is 7. The van der Waals surface area contributed by atoms with E-state index < -0.39 is 0 Å². The summed E-state index contributed by atoms with van der Waals surface area (Å²) < 4.78 is 0.877.